The van der Waals surface area contributed by atoms with E-state index in [-0.39, 0.29) is 0 Å². The van der Waals surface area contributed by atoms with Gasteiger partial charge in [0.25, 0.3) is 0 Å². The molecule has 0 spiro atoms. The second-order valence-corrected chi connectivity index (χ2v) is 5.51. The van der Waals surface area contributed by atoms with E-state index in [0.29, 0.717) is 5.41 Å². The first kappa shape index (κ1) is 13.0. The van der Waals surface area contributed by atoms with Crippen molar-refractivity contribution in [2.24, 2.45) is 11.3 Å². The molecule has 90 valence electrons. The van der Waals surface area contributed by atoms with Crippen LogP contribution in [0.1, 0.15) is 40.0 Å². The van der Waals surface area contributed by atoms with E-state index in [2.05, 4.69) is 38.0 Å². The van der Waals surface area contributed by atoms with E-state index in [9.17, 15) is 0 Å². The van der Waals surface area contributed by atoms with Crippen LogP contribution < -0.4 is 5.32 Å². The molecule has 1 rings (SSSR count). The molecule has 2 nitrogen and oxygen atoms in total. The fourth-order valence-corrected chi connectivity index (χ4v) is 2.76. The lowest BCUT2D eigenvalue weighted by Crippen LogP contribution is -2.34. The maximum Gasteiger partial charge on any atom is 0.00481 e. The first-order valence-corrected chi connectivity index (χ1v) is 6.50. The largest absolute Gasteiger partial charge is 0.319 e. The number of nitrogens with one attached hydrogen (secondary N) is 1. The van der Waals surface area contributed by atoms with Crippen LogP contribution in [-0.2, 0) is 0 Å². The lowest BCUT2D eigenvalue weighted by molar-refractivity contribution is 0.232. The molecule has 1 aliphatic heterocycles. The fourth-order valence-electron chi connectivity index (χ4n) is 2.76. The van der Waals surface area contributed by atoms with Gasteiger partial charge in [-0.15, -0.1) is 0 Å². The average molecular weight is 212 g/mol. The summed E-state index contributed by atoms with van der Waals surface area (Å²) in [6.45, 7) is 12.1. The van der Waals surface area contributed by atoms with E-state index in [1.165, 1.54) is 38.9 Å². The smallest absolute Gasteiger partial charge is 0.00481 e. The summed E-state index contributed by atoms with van der Waals surface area (Å²) >= 11 is 0. The van der Waals surface area contributed by atoms with Crippen molar-refractivity contribution >= 4 is 0 Å². The molecule has 0 aromatic carbocycles. The maximum atomic E-state index is 3.33. The van der Waals surface area contributed by atoms with Gasteiger partial charge in [-0.3, -0.25) is 0 Å². The minimum absolute atomic E-state index is 0.515. The molecular formula is C13H28N2. The van der Waals surface area contributed by atoms with Crippen LogP contribution in [0.5, 0.6) is 0 Å². The van der Waals surface area contributed by atoms with E-state index in [0.717, 1.165) is 12.5 Å². The Morgan fingerprint density at radius 3 is 2.53 bits per heavy atom. The van der Waals surface area contributed by atoms with Gasteiger partial charge in [0, 0.05) is 19.6 Å². The summed E-state index contributed by atoms with van der Waals surface area (Å²) in [4.78, 5) is 2.66. The molecule has 0 saturated carbocycles. The number of hydrogen-bond acceptors (Lipinski definition) is 2. The van der Waals surface area contributed by atoms with Gasteiger partial charge in [0.2, 0.25) is 0 Å². The van der Waals surface area contributed by atoms with Crippen molar-refractivity contribution in [3.05, 3.63) is 0 Å². The summed E-state index contributed by atoms with van der Waals surface area (Å²) in [5, 5.41) is 3.33. The van der Waals surface area contributed by atoms with E-state index in [4.69, 9.17) is 0 Å². The van der Waals surface area contributed by atoms with Crippen molar-refractivity contribution in [3.63, 3.8) is 0 Å². The fraction of sp³-hybridized carbons (Fsp3) is 1.00. The Kier molecular flexibility index (Phi) is 5.07. The van der Waals surface area contributed by atoms with Crippen LogP contribution in [0.15, 0.2) is 0 Å². The average Bonchev–Trinajstić information content (AvgIpc) is 2.57. The lowest BCUT2D eigenvalue weighted by Gasteiger charge is -2.26. The van der Waals surface area contributed by atoms with Crippen LogP contribution in [0.3, 0.4) is 0 Å². The van der Waals surface area contributed by atoms with Gasteiger partial charge in [-0.2, -0.15) is 0 Å². The van der Waals surface area contributed by atoms with Gasteiger partial charge in [0.1, 0.15) is 0 Å². The van der Waals surface area contributed by atoms with Crippen molar-refractivity contribution in [2.45, 2.75) is 40.0 Å². The quantitative estimate of drug-likeness (QED) is 0.727. The Bertz CT molecular complexity index is 177. The van der Waals surface area contributed by atoms with E-state index < -0.39 is 0 Å². The first-order valence-electron chi connectivity index (χ1n) is 6.50. The van der Waals surface area contributed by atoms with Crippen molar-refractivity contribution in [3.8, 4) is 0 Å². The van der Waals surface area contributed by atoms with E-state index in [1.807, 2.05) is 0 Å². The molecule has 1 fully saturated rings. The topological polar surface area (TPSA) is 15.3 Å². The maximum absolute atomic E-state index is 3.33. The highest BCUT2D eigenvalue weighted by Gasteiger charge is 2.33. The highest BCUT2D eigenvalue weighted by atomic mass is 15.2. The van der Waals surface area contributed by atoms with Gasteiger partial charge in [-0.1, -0.05) is 33.6 Å². The zero-order valence-electron chi connectivity index (χ0n) is 11.0. The van der Waals surface area contributed by atoms with Gasteiger partial charge >= 0.3 is 0 Å². The number of rotatable bonds is 6. The third-order valence-electron chi connectivity index (χ3n) is 3.91. The number of nitrogens with zero attached hydrogens (tertiary/aromatic N) is 1. The van der Waals surface area contributed by atoms with Crippen LogP contribution in [0.4, 0.5) is 0 Å². The molecule has 1 aliphatic rings. The number of hydrogen-bond donors (Lipinski definition) is 1. The zero-order chi connectivity index (χ0) is 11.3. The molecule has 1 atom stereocenters. The van der Waals surface area contributed by atoms with Crippen LogP contribution >= 0.6 is 0 Å². The lowest BCUT2D eigenvalue weighted by atomic mass is 9.90. The Balaban J connectivity index is 2.35. The minimum atomic E-state index is 0.515. The van der Waals surface area contributed by atoms with Crippen LogP contribution in [0.25, 0.3) is 0 Å². The zero-order valence-corrected chi connectivity index (χ0v) is 11.0. The van der Waals surface area contributed by atoms with Gasteiger partial charge in [-0.25, -0.2) is 0 Å². The molecule has 1 unspecified atom stereocenters. The Labute approximate surface area is 95.4 Å². The Morgan fingerprint density at radius 2 is 2.00 bits per heavy atom. The Morgan fingerprint density at radius 1 is 1.33 bits per heavy atom. The molecule has 2 heteroatoms. The minimum Gasteiger partial charge on any atom is -0.319 e. The summed E-state index contributed by atoms with van der Waals surface area (Å²) in [6.07, 6.45) is 4.01. The summed E-state index contributed by atoms with van der Waals surface area (Å²) in [6, 6.07) is 0. The van der Waals surface area contributed by atoms with Crippen molar-refractivity contribution in [1.29, 1.82) is 0 Å². The van der Waals surface area contributed by atoms with Crippen LogP contribution in [0, 0.1) is 11.3 Å². The predicted molar refractivity (Wildman–Crippen MR) is 67.2 cm³/mol. The Hall–Kier alpha value is -0.0800. The molecule has 0 aromatic heterocycles. The van der Waals surface area contributed by atoms with Crippen LogP contribution in [0.2, 0.25) is 0 Å². The monoisotopic (exact) mass is 212 g/mol. The van der Waals surface area contributed by atoms with Crippen LogP contribution in [-0.4, -0.2) is 38.1 Å². The molecule has 0 radical (unpaired) electrons. The molecule has 1 N–H and O–H groups in total. The van der Waals surface area contributed by atoms with Gasteiger partial charge in [0.15, 0.2) is 0 Å². The highest BCUT2D eigenvalue weighted by molar-refractivity contribution is 4.88. The van der Waals surface area contributed by atoms with Crippen molar-refractivity contribution < 1.29 is 0 Å². The molecule has 1 heterocycles. The molecule has 0 aliphatic carbocycles. The van der Waals surface area contributed by atoms with Crippen molar-refractivity contribution in [1.82, 2.24) is 10.2 Å². The molecule has 0 aromatic rings. The van der Waals surface area contributed by atoms with E-state index in [1.54, 1.807) is 0 Å². The number of likely N-dealkylation sites (tertiary alicyclic amines) is 1. The standard InChI is InChI=1S/C13H28N2/c1-5-12(6-2)9-15-8-7-13(3,11-15)10-14-4/h12,14H,5-11H2,1-4H3. The third-order valence-corrected chi connectivity index (χ3v) is 3.91. The van der Waals surface area contributed by atoms with Gasteiger partial charge in [0.05, 0.1) is 0 Å². The SMILES string of the molecule is CCC(CC)CN1CCC(C)(CNC)C1. The molecule has 0 bridgehead atoms. The first-order chi connectivity index (χ1) is 7.13. The highest BCUT2D eigenvalue weighted by Crippen LogP contribution is 2.29. The predicted octanol–water partition coefficient (Wildman–Crippen LogP) is 2.35. The van der Waals surface area contributed by atoms with Gasteiger partial charge < -0.3 is 10.2 Å². The molecular weight excluding hydrogens is 184 g/mol. The molecule has 1 saturated heterocycles. The second kappa shape index (κ2) is 5.86. The summed E-state index contributed by atoms with van der Waals surface area (Å²) in [5.74, 6) is 0.905. The van der Waals surface area contributed by atoms with Gasteiger partial charge in [-0.05, 0) is 31.3 Å². The van der Waals surface area contributed by atoms with Crippen molar-refractivity contribution in [2.75, 3.05) is 33.2 Å². The summed E-state index contributed by atoms with van der Waals surface area (Å²) in [7, 11) is 2.06. The summed E-state index contributed by atoms with van der Waals surface area (Å²) in [5.41, 5.74) is 0.515. The summed E-state index contributed by atoms with van der Waals surface area (Å²) < 4.78 is 0. The molecule has 15 heavy (non-hydrogen) atoms. The second-order valence-electron chi connectivity index (χ2n) is 5.51. The normalized spacial score (nSPS) is 27.8. The molecule has 0 amide bonds. The van der Waals surface area contributed by atoms with E-state index >= 15 is 0 Å². The third kappa shape index (κ3) is 3.76.